The summed E-state index contributed by atoms with van der Waals surface area (Å²) in [6.07, 6.45) is 0. The largest absolute Gasteiger partial charge is 0.480 e. The molecule has 33 heavy (non-hydrogen) atoms. The Balaban J connectivity index is 2.08. The van der Waals surface area contributed by atoms with Gasteiger partial charge in [-0.25, -0.2) is 9.18 Å². The number of nitrogens with zero attached hydrogens (tertiary/aromatic N) is 3. The Hall–Kier alpha value is -3.17. The van der Waals surface area contributed by atoms with E-state index in [0.29, 0.717) is 0 Å². The molecule has 0 radical (unpaired) electrons. The standard InChI is InChI=1S/C22H20Cl2FN3O5/c1-3-26-20(16-9-15(24)5-7-18(16)27(12(2)29)11-19(30)31)21(32)28(22(26)33)10-13-8-14(23)4-6-17(13)25/h4-9,20H,3,10-11H2,1-2H3,(H,30,31). The molecule has 2 aromatic carbocycles. The van der Waals surface area contributed by atoms with Gasteiger partial charge in [-0.15, -0.1) is 0 Å². The average Bonchev–Trinajstić information content (AvgIpc) is 2.98. The summed E-state index contributed by atoms with van der Waals surface area (Å²) in [5.74, 6) is -3.12. The van der Waals surface area contributed by atoms with Crippen molar-refractivity contribution < 1.29 is 28.7 Å². The minimum Gasteiger partial charge on any atom is -0.480 e. The highest BCUT2D eigenvalue weighted by Gasteiger charge is 2.46. The van der Waals surface area contributed by atoms with Crippen molar-refractivity contribution in [3.05, 3.63) is 63.4 Å². The molecule has 1 aliphatic rings. The van der Waals surface area contributed by atoms with Crippen molar-refractivity contribution in [1.29, 1.82) is 0 Å². The minimum absolute atomic E-state index is 0.0588. The van der Waals surface area contributed by atoms with E-state index in [0.717, 1.165) is 15.9 Å². The van der Waals surface area contributed by atoms with Crippen LogP contribution in [0.15, 0.2) is 36.4 Å². The highest BCUT2D eigenvalue weighted by Crippen LogP contribution is 2.38. The molecule has 1 N–H and O–H groups in total. The lowest BCUT2D eigenvalue weighted by Crippen LogP contribution is -2.36. The first-order valence-electron chi connectivity index (χ1n) is 9.90. The van der Waals surface area contributed by atoms with Crippen LogP contribution in [0.4, 0.5) is 14.9 Å². The normalized spacial score (nSPS) is 15.8. The van der Waals surface area contributed by atoms with Crippen LogP contribution in [0.5, 0.6) is 0 Å². The molecule has 174 valence electrons. The van der Waals surface area contributed by atoms with Gasteiger partial charge >= 0.3 is 12.0 Å². The Morgan fingerprint density at radius 2 is 1.76 bits per heavy atom. The number of hydrogen-bond donors (Lipinski definition) is 1. The Bertz CT molecular complexity index is 1140. The zero-order valence-corrected chi connectivity index (χ0v) is 19.2. The Kier molecular flexibility index (Phi) is 7.24. The molecule has 1 heterocycles. The summed E-state index contributed by atoms with van der Waals surface area (Å²) in [4.78, 5) is 53.1. The van der Waals surface area contributed by atoms with Crippen LogP contribution >= 0.6 is 23.2 Å². The lowest BCUT2D eigenvalue weighted by atomic mass is 10.0. The average molecular weight is 496 g/mol. The van der Waals surface area contributed by atoms with Crippen LogP contribution in [0.25, 0.3) is 0 Å². The molecule has 2 aromatic rings. The Labute approximate surface area is 199 Å². The third-order valence-electron chi connectivity index (χ3n) is 5.21. The summed E-state index contributed by atoms with van der Waals surface area (Å²) in [7, 11) is 0. The van der Waals surface area contributed by atoms with Gasteiger partial charge in [-0.1, -0.05) is 23.2 Å². The molecule has 0 spiro atoms. The quantitative estimate of drug-likeness (QED) is 0.583. The van der Waals surface area contributed by atoms with Crippen molar-refractivity contribution in [2.75, 3.05) is 18.0 Å². The Morgan fingerprint density at radius 1 is 1.12 bits per heavy atom. The van der Waals surface area contributed by atoms with Crippen molar-refractivity contribution >= 4 is 52.7 Å². The first-order chi connectivity index (χ1) is 15.5. The lowest BCUT2D eigenvalue weighted by molar-refractivity contribution is -0.136. The molecule has 1 atom stereocenters. The first-order valence-corrected chi connectivity index (χ1v) is 10.7. The summed E-state index contributed by atoms with van der Waals surface area (Å²) in [5, 5.41) is 9.72. The van der Waals surface area contributed by atoms with E-state index < -0.39 is 42.2 Å². The molecular formula is C22H20Cl2FN3O5. The van der Waals surface area contributed by atoms with Crippen LogP contribution in [0.2, 0.25) is 10.0 Å². The third kappa shape index (κ3) is 4.94. The van der Waals surface area contributed by atoms with Crippen LogP contribution in [0.1, 0.15) is 31.0 Å². The number of carboxylic acids is 1. The van der Waals surface area contributed by atoms with Gasteiger partial charge in [-0.05, 0) is 43.3 Å². The molecule has 0 bridgehead atoms. The number of aliphatic carboxylic acids is 1. The van der Waals surface area contributed by atoms with E-state index in [1.807, 2.05) is 0 Å². The van der Waals surface area contributed by atoms with Gasteiger partial charge < -0.3 is 14.9 Å². The molecule has 0 aromatic heterocycles. The number of rotatable bonds is 7. The van der Waals surface area contributed by atoms with Gasteiger partial charge in [-0.2, -0.15) is 0 Å². The van der Waals surface area contributed by atoms with E-state index in [4.69, 9.17) is 23.2 Å². The summed E-state index contributed by atoms with van der Waals surface area (Å²) < 4.78 is 14.3. The SMILES string of the molecule is CCN1C(=O)N(Cc2cc(Cl)ccc2F)C(=O)C1c1cc(Cl)ccc1N(CC(=O)O)C(C)=O. The number of benzene rings is 2. The van der Waals surface area contributed by atoms with Crippen molar-refractivity contribution in [3.63, 3.8) is 0 Å². The van der Waals surface area contributed by atoms with E-state index in [1.165, 1.54) is 42.2 Å². The van der Waals surface area contributed by atoms with Crippen LogP contribution in [0, 0.1) is 5.82 Å². The molecule has 1 aliphatic heterocycles. The van der Waals surface area contributed by atoms with Gasteiger partial charge in [0.15, 0.2) is 0 Å². The van der Waals surface area contributed by atoms with Gasteiger partial charge in [0.2, 0.25) is 5.91 Å². The fraction of sp³-hybridized carbons (Fsp3) is 0.273. The number of imide groups is 1. The number of carboxylic acid groups (broad SMARTS) is 1. The molecular weight excluding hydrogens is 476 g/mol. The van der Waals surface area contributed by atoms with Gasteiger partial charge in [-0.3, -0.25) is 19.3 Å². The van der Waals surface area contributed by atoms with Crippen LogP contribution < -0.4 is 4.90 Å². The summed E-state index contributed by atoms with van der Waals surface area (Å²) in [6.45, 7) is 1.97. The van der Waals surface area contributed by atoms with Crippen molar-refractivity contribution in [2.45, 2.75) is 26.4 Å². The van der Waals surface area contributed by atoms with Crippen molar-refractivity contribution in [2.24, 2.45) is 0 Å². The molecule has 1 unspecified atom stereocenters. The van der Waals surface area contributed by atoms with Crippen LogP contribution in [0.3, 0.4) is 0 Å². The van der Waals surface area contributed by atoms with E-state index in [1.54, 1.807) is 6.92 Å². The van der Waals surface area contributed by atoms with Crippen LogP contribution in [-0.2, 0) is 20.9 Å². The maximum Gasteiger partial charge on any atom is 0.328 e. The highest BCUT2D eigenvalue weighted by molar-refractivity contribution is 6.31. The topological polar surface area (TPSA) is 98.2 Å². The monoisotopic (exact) mass is 495 g/mol. The molecule has 0 aliphatic carbocycles. The Morgan fingerprint density at radius 3 is 2.36 bits per heavy atom. The number of amides is 4. The second kappa shape index (κ2) is 9.76. The maximum atomic E-state index is 14.3. The molecule has 4 amide bonds. The molecule has 3 rings (SSSR count). The van der Waals surface area contributed by atoms with Gasteiger partial charge in [0.05, 0.1) is 12.2 Å². The maximum absolute atomic E-state index is 14.3. The fourth-order valence-electron chi connectivity index (χ4n) is 3.73. The highest BCUT2D eigenvalue weighted by atomic mass is 35.5. The van der Waals surface area contributed by atoms with E-state index >= 15 is 0 Å². The van der Waals surface area contributed by atoms with Crippen molar-refractivity contribution in [1.82, 2.24) is 9.80 Å². The van der Waals surface area contributed by atoms with E-state index in [-0.39, 0.29) is 39.9 Å². The van der Waals surface area contributed by atoms with Crippen molar-refractivity contribution in [3.8, 4) is 0 Å². The summed E-state index contributed by atoms with van der Waals surface area (Å²) in [6, 6.07) is 6.27. The minimum atomic E-state index is -1.26. The van der Waals surface area contributed by atoms with Gasteiger partial charge in [0.25, 0.3) is 5.91 Å². The first kappa shape index (κ1) is 24.5. The van der Waals surface area contributed by atoms with Gasteiger partial charge in [0.1, 0.15) is 18.4 Å². The molecule has 8 nitrogen and oxygen atoms in total. The molecule has 11 heteroatoms. The summed E-state index contributed by atoms with van der Waals surface area (Å²) >= 11 is 12.1. The smallest absolute Gasteiger partial charge is 0.328 e. The zero-order valence-electron chi connectivity index (χ0n) is 17.7. The third-order valence-corrected chi connectivity index (χ3v) is 5.68. The van der Waals surface area contributed by atoms with E-state index in [9.17, 15) is 28.7 Å². The van der Waals surface area contributed by atoms with Gasteiger partial charge in [0, 0.05) is 34.6 Å². The predicted octanol–water partition coefficient (Wildman–Crippen LogP) is 4.10. The number of carbonyl (C=O) groups is 4. The second-order valence-corrected chi connectivity index (χ2v) is 8.21. The number of carbonyl (C=O) groups excluding carboxylic acids is 3. The second-order valence-electron chi connectivity index (χ2n) is 7.33. The number of hydrogen-bond acceptors (Lipinski definition) is 4. The number of likely N-dealkylation sites (N-methyl/N-ethyl adjacent to an activating group) is 1. The number of urea groups is 1. The summed E-state index contributed by atoms with van der Waals surface area (Å²) in [5.41, 5.74) is 0.381. The molecule has 1 fully saturated rings. The number of halogens is 3. The molecule has 1 saturated heterocycles. The zero-order chi connectivity index (χ0) is 24.4. The van der Waals surface area contributed by atoms with E-state index in [2.05, 4.69) is 0 Å². The lowest BCUT2D eigenvalue weighted by Gasteiger charge is -2.27. The molecule has 0 saturated carbocycles. The van der Waals surface area contributed by atoms with Crippen LogP contribution in [-0.4, -0.2) is 51.8 Å². The predicted molar refractivity (Wildman–Crippen MR) is 120 cm³/mol. The fourth-order valence-corrected chi connectivity index (χ4v) is 4.11. The number of anilines is 1.